The summed E-state index contributed by atoms with van der Waals surface area (Å²) in [5.41, 5.74) is 1.86. The van der Waals surface area contributed by atoms with E-state index in [2.05, 4.69) is 26.3 Å². The van der Waals surface area contributed by atoms with Crippen molar-refractivity contribution in [2.45, 2.75) is 6.54 Å². The molecule has 26 heavy (non-hydrogen) atoms. The first kappa shape index (κ1) is 18.4. The van der Waals surface area contributed by atoms with Gasteiger partial charge in [-0.1, -0.05) is 45.7 Å². The molecule has 2 aromatic carbocycles. The van der Waals surface area contributed by atoms with Crippen molar-refractivity contribution in [3.05, 3.63) is 86.1 Å². The Kier molecular flexibility index (Phi) is 5.85. The van der Waals surface area contributed by atoms with Gasteiger partial charge in [0.1, 0.15) is 0 Å². The molecule has 7 heteroatoms. The van der Waals surface area contributed by atoms with Crippen molar-refractivity contribution in [3.8, 4) is 11.3 Å². The quantitative estimate of drug-likeness (QED) is 0.668. The summed E-state index contributed by atoms with van der Waals surface area (Å²) in [6, 6.07) is 17.5. The van der Waals surface area contributed by atoms with Crippen molar-refractivity contribution >= 4 is 33.4 Å². The normalized spacial score (nSPS) is 10.5. The van der Waals surface area contributed by atoms with Crippen LogP contribution in [0.15, 0.2) is 69.9 Å². The zero-order chi connectivity index (χ0) is 18.5. The molecule has 1 amide bonds. The summed E-state index contributed by atoms with van der Waals surface area (Å²) in [5.74, 6) is -0.201. The van der Waals surface area contributed by atoms with Gasteiger partial charge in [0, 0.05) is 33.2 Å². The third-order valence-electron chi connectivity index (χ3n) is 3.70. The standard InChI is InChI=1S/C19H15BrClN3O2/c20-15-3-1-2-14(12-15)19(26)22-10-11-24-18(25)9-8-17(23-24)13-4-6-16(21)7-5-13/h1-9,12H,10-11H2,(H,22,26). The van der Waals surface area contributed by atoms with E-state index in [-0.39, 0.29) is 18.0 Å². The summed E-state index contributed by atoms with van der Waals surface area (Å²) in [5, 5.41) is 7.79. The van der Waals surface area contributed by atoms with Gasteiger partial charge < -0.3 is 5.32 Å². The maximum absolute atomic E-state index is 12.1. The van der Waals surface area contributed by atoms with Gasteiger partial charge in [0.05, 0.1) is 12.2 Å². The highest BCUT2D eigenvalue weighted by molar-refractivity contribution is 9.10. The Bertz CT molecular complexity index is 987. The van der Waals surface area contributed by atoms with Crippen molar-refractivity contribution < 1.29 is 4.79 Å². The molecule has 0 aliphatic carbocycles. The van der Waals surface area contributed by atoms with E-state index in [1.165, 1.54) is 10.7 Å². The molecule has 3 aromatic rings. The topological polar surface area (TPSA) is 64.0 Å². The van der Waals surface area contributed by atoms with E-state index in [4.69, 9.17) is 11.6 Å². The van der Waals surface area contributed by atoms with Crippen molar-refractivity contribution in [1.29, 1.82) is 0 Å². The first-order chi connectivity index (χ1) is 12.5. The Labute approximate surface area is 163 Å². The van der Waals surface area contributed by atoms with Gasteiger partial charge in [-0.05, 0) is 36.4 Å². The second-order valence-corrected chi connectivity index (χ2v) is 6.91. The Morgan fingerprint density at radius 3 is 2.62 bits per heavy atom. The summed E-state index contributed by atoms with van der Waals surface area (Å²) in [7, 11) is 0. The summed E-state index contributed by atoms with van der Waals surface area (Å²) >= 11 is 9.23. The Balaban J connectivity index is 1.68. The van der Waals surface area contributed by atoms with Crippen LogP contribution >= 0.6 is 27.5 Å². The first-order valence-corrected chi connectivity index (χ1v) is 9.08. The molecule has 1 heterocycles. The van der Waals surface area contributed by atoms with E-state index >= 15 is 0 Å². The molecule has 0 bridgehead atoms. The van der Waals surface area contributed by atoms with E-state index in [0.29, 0.717) is 22.8 Å². The summed E-state index contributed by atoms with van der Waals surface area (Å²) < 4.78 is 2.17. The smallest absolute Gasteiger partial charge is 0.266 e. The average molecular weight is 433 g/mol. The SMILES string of the molecule is O=C(NCCn1nc(-c2ccc(Cl)cc2)ccc1=O)c1cccc(Br)c1. The van der Waals surface area contributed by atoms with Crippen LogP contribution in [0.25, 0.3) is 11.3 Å². The number of benzene rings is 2. The lowest BCUT2D eigenvalue weighted by molar-refractivity contribution is 0.0951. The van der Waals surface area contributed by atoms with E-state index in [0.717, 1.165) is 10.0 Å². The highest BCUT2D eigenvalue weighted by atomic mass is 79.9. The summed E-state index contributed by atoms with van der Waals surface area (Å²) in [6.07, 6.45) is 0. The van der Waals surface area contributed by atoms with E-state index in [1.807, 2.05) is 18.2 Å². The third-order valence-corrected chi connectivity index (χ3v) is 4.45. The number of hydrogen-bond donors (Lipinski definition) is 1. The Hall–Kier alpha value is -2.44. The van der Waals surface area contributed by atoms with Crippen LogP contribution in [-0.4, -0.2) is 22.2 Å². The number of aromatic nitrogens is 2. The number of halogens is 2. The van der Waals surface area contributed by atoms with Crippen molar-refractivity contribution in [2.75, 3.05) is 6.54 Å². The minimum Gasteiger partial charge on any atom is -0.350 e. The molecule has 0 fully saturated rings. The molecule has 1 aromatic heterocycles. The number of carbonyl (C=O) groups excluding carboxylic acids is 1. The minimum atomic E-state index is -0.223. The molecule has 132 valence electrons. The van der Waals surface area contributed by atoms with Crippen LogP contribution < -0.4 is 10.9 Å². The molecule has 0 aliphatic heterocycles. The molecule has 0 spiro atoms. The molecule has 0 aliphatic rings. The molecular formula is C19H15BrClN3O2. The molecule has 0 atom stereocenters. The van der Waals surface area contributed by atoms with Crippen molar-refractivity contribution in [3.63, 3.8) is 0 Å². The lowest BCUT2D eigenvalue weighted by atomic mass is 10.1. The van der Waals surface area contributed by atoms with E-state index < -0.39 is 0 Å². The predicted octanol–water partition coefficient (Wildman–Crippen LogP) is 3.76. The minimum absolute atomic E-state index is 0.201. The van der Waals surface area contributed by atoms with Gasteiger partial charge in [-0.25, -0.2) is 4.68 Å². The molecule has 5 nitrogen and oxygen atoms in total. The van der Waals surface area contributed by atoms with Gasteiger partial charge in [-0.2, -0.15) is 5.10 Å². The largest absolute Gasteiger partial charge is 0.350 e. The molecule has 1 N–H and O–H groups in total. The second kappa shape index (κ2) is 8.29. The van der Waals surface area contributed by atoms with Crippen LogP contribution in [0.4, 0.5) is 0 Å². The van der Waals surface area contributed by atoms with Crippen LogP contribution in [0.2, 0.25) is 5.02 Å². The fourth-order valence-corrected chi connectivity index (χ4v) is 2.92. The van der Waals surface area contributed by atoms with Crippen LogP contribution in [0.3, 0.4) is 0 Å². The van der Waals surface area contributed by atoms with E-state index in [9.17, 15) is 9.59 Å². The Morgan fingerprint density at radius 2 is 1.88 bits per heavy atom. The molecular weight excluding hydrogens is 418 g/mol. The lowest BCUT2D eigenvalue weighted by Gasteiger charge is -2.09. The fourth-order valence-electron chi connectivity index (χ4n) is 2.39. The maximum Gasteiger partial charge on any atom is 0.266 e. The van der Waals surface area contributed by atoms with E-state index in [1.54, 1.807) is 36.4 Å². The fraction of sp³-hybridized carbons (Fsp3) is 0.105. The zero-order valence-electron chi connectivity index (χ0n) is 13.7. The second-order valence-electron chi connectivity index (χ2n) is 5.55. The van der Waals surface area contributed by atoms with Crippen LogP contribution in [0, 0.1) is 0 Å². The number of carbonyl (C=O) groups is 1. The molecule has 0 radical (unpaired) electrons. The van der Waals surface area contributed by atoms with Gasteiger partial charge in [0.15, 0.2) is 0 Å². The first-order valence-electron chi connectivity index (χ1n) is 7.91. The van der Waals surface area contributed by atoms with Gasteiger partial charge in [-0.15, -0.1) is 0 Å². The van der Waals surface area contributed by atoms with Crippen molar-refractivity contribution in [1.82, 2.24) is 15.1 Å². The summed E-state index contributed by atoms with van der Waals surface area (Å²) in [6.45, 7) is 0.572. The number of rotatable bonds is 5. The molecule has 0 unspecified atom stereocenters. The van der Waals surface area contributed by atoms with Gasteiger partial charge in [0.25, 0.3) is 11.5 Å². The highest BCUT2D eigenvalue weighted by Gasteiger charge is 2.07. The average Bonchev–Trinajstić information content (AvgIpc) is 2.64. The predicted molar refractivity (Wildman–Crippen MR) is 105 cm³/mol. The number of nitrogens with zero attached hydrogens (tertiary/aromatic N) is 2. The number of amides is 1. The van der Waals surface area contributed by atoms with Crippen LogP contribution in [0.5, 0.6) is 0 Å². The summed E-state index contributed by atoms with van der Waals surface area (Å²) in [4.78, 5) is 24.1. The maximum atomic E-state index is 12.1. The highest BCUT2D eigenvalue weighted by Crippen LogP contribution is 2.18. The zero-order valence-corrected chi connectivity index (χ0v) is 16.0. The van der Waals surface area contributed by atoms with Crippen LogP contribution in [0.1, 0.15) is 10.4 Å². The lowest BCUT2D eigenvalue weighted by Crippen LogP contribution is -2.31. The van der Waals surface area contributed by atoms with Gasteiger partial charge in [-0.3, -0.25) is 9.59 Å². The molecule has 0 saturated carbocycles. The monoisotopic (exact) mass is 431 g/mol. The number of nitrogens with one attached hydrogen (secondary N) is 1. The third kappa shape index (κ3) is 4.59. The molecule has 0 saturated heterocycles. The van der Waals surface area contributed by atoms with Gasteiger partial charge >= 0.3 is 0 Å². The molecule has 3 rings (SSSR count). The van der Waals surface area contributed by atoms with Crippen molar-refractivity contribution in [2.24, 2.45) is 0 Å². The van der Waals surface area contributed by atoms with Crippen LogP contribution in [-0.2, 0) is 6.54 Å². The Morgan fingerprint density at radius 1 is 1.12 bits per heavy atom. The number of hydrogen-bond acceptors (Lipinski definition) is 3. The van der Waals surface area contributed by atoms with Gasteiger partial charge in [0.2, 0.25) is 0 Å².